The summed E-state index contributed by atoms with van der Waals surface area (Å²) in [4.78, 5) is 0. The number of benzene rings is 3. The SMILES string of the molecule is OC1(c2ccccc2-c2cccc3ccccc23)C=CC=CC=C1. The maximum absolute atomic E-state index is 11.2. The molecule has 1 N–H and O–H groups in total. The minimum atomic E-state index is -1.11. The minimum Gasteiger partial charge on any atom is -0.377 e. The predicted molar refractivity (Wildman–Crippen MR) is 101 cm³/mol. The van der Waals surface area contributed by atoms with Crippen molar-refractivity contribution in [3.05, 3.63) is 109 Å². The quantitative estimate of drug-likeness (QED) is 0.674. The molecule has 0 spiro atoms. The van der Waals surface area contributed by atoms with E-state index in [0.29, 0.717) is 0 Å². The molecular weight excluding hydrogens is 292 g/mol. The standard InChI is InChI=1S/C23H18O/c24-23(16-7-1-2-8-17-23)22-15-6-5-13-21(22)20-14-9-11-18-10-3-4-12-19(18)20/h1-17,24H. The molecule has 1 aliphatic rings. The molecule has 0 unspecified atom stereocenters. The van der Waals surface area contributed by atoms with E-state index in [1.807, 2.05) is 60.7 Å². The Morgan fingerprint density at radius 1 is 0.583 bits per heavy atom. The number of allylic oxidation sites excluding steroid dienone is 4. The fraction of sp³-hybridized carbons (Fsp3) is 0.0435. The van der Waals surface area contributed by atoms with Crippen LogP contribution in [0.3, 0.4) is 0 Å². The van der Waals surface area contributed by atoms with Crippen molar-refractivity contribution in [3.8, 4) is 11.1 Å². The van der Waals surface area contributed by atoms with Gasteiger partial charge in [-0.25, -0.2) is 0 Å². The maximum atomic E-state index is 11.2. The van der Waals surface area contributed by atoms with Crippen LogP contribution in [0.1, 0.15) is 5.56 Å². The Bertz CT molecular complexity index is 955. The Balaban J connectivity index is 1.97. The largest absolute Gasteiger partial charge is 0.377 e. The summed E-state index contributed by atoms with van der Waals surface area (Å²) in [5, 5.41) is 13.6. The van der Waals surface area contributed by atoms with Gasteiger partial charge in [-0.2, -0.15) is 0 Å². The highest BCUT2D eigenvalue weighted by atomic mass is 16.3. The first kappa shape index (κ1) is 14.7. The molecule has 0 aliphatic heterocycles. The molecule has 3 aromatic carbocycles. The number of aliphatic hydroxyl groups is 1. The molecule has 1 nitrogen and oxygen atoms in total. The Hall–Kier alpha value is -2.90. The second-order valence-electron chi connectivity index (χ2n) is 6.00. The van der Waals surface area contributed by atoms with Gasteiger partial charge in [0, 0.05) is 0 Å². The molecule has 0 saturated carbocycles. The van der Waals surface area contributed by atoms with E-state index in [4.69, 9.17) is 0 Å². The van der Waals surface area contributed by atoms with Gasteiger partial charge >= 0.3 is 0 Å². The van der Waals surface area contributed by atoms with E-state index in [1.54, 1.807) is 0 Å². The van der Waals surface area contributed by atoms with Crippen LogP contribution in [0.25, 0.3) is 21.9 Å². The van der Waals surface area contributed by atoms with E-state index in [2.05, 4.69) is 42.5 Å². The summed E-state index contributed by atoms with van der Waals surface area (Å²) in [5.74, 6) is 0. The monoisotopic (exact) mass is 310 g/mol. The highest BCUT2D eigenvalue weighted by molar-refractivity contribution is 5.97. The summed E-state index contributed by atoms with van der Waals surface area (Å²) in [6, 6.07) is 22.7. The van der Waals surface area contributed by atoms with Crippen LogP contribution in [0.15, 0.2) is 103 Å². The molecule has 0 aromatic heterocycles. The van der Waals surface area contributed by atoms with Gasteiger partial charge in [0.25, 0.3) is 0 Å². The fourth-order valence-corrected chi connectivity index (χ4v) is 3.30. The topological polar surface area (TPSA) is 20.2 Å². The van der Waals surface area contributed by atoms with Gasteiger partial charge in [-0.3, -0.25) is 0 Å². The van der Waals surface area contributed by atoms with Crippen LogP contribution in [0, 0.1) is 0 Å². The molecule has 0 atom stereocenters. The van der Waals surface area contributed by atoms with Crippen molar-refractivity contribution in [1.29, 1.82) is 0 Å². The van der Waals surface area contributed by atoms with Crippen molar-refractivity contribution in [2.45, 2.75) is 5.60 Å². The average molecular weight is 310 g/mol. The molecular formula is C23H18O. The summed E-state index contributed by atoms with van der Waals surface area (Å²) in [6.45, 7) is 0. The van der Waals surface area contributed by atoms with E-state index in [1.165, 1.54) is 10.8 Å². The molecule has 0 heterocycles. The molecule has 0 saturated heterocycles. The summed E-state index contributed by atoms with van der Waals surface area (Å²) >= 11 is 0. The lowest BCUT2D eigenvalue weighted by Crippen LogP contribution is -2.20. The molecule has 0 bridgehead atoms. The normalized spacial score (nSPS) is 15.5. The van der Waals surface area contributed by atoms with Crippen molar-refractivity contribution in [2.24, 2.45) is 0 Å². The van der Waals surface area contributed by atoms with Crippen LogP contribution in [0.4, 0.5) is 0 Å². The van der Waals surface area contributed by atoms with Crippen LogP contribution >= 0.6 is 0 Å². The fourth-order valence-electron chi connectivity index (χ4n) is 3.30. The van der Waals surface area contributed by atoms with Gasteiger partial charge in [-0.05, 0) is 39.6 Å². The minimum absolute atomic E-state index is 0.887. The lowest BCUT2D eigenvalue weighted by atomic mass is 9.85. The van der Waals surface area contributed by atoms with Crippen molar-refractivity contribution in [3.63, 3.8) is 0 Å². The predicted octanol–water partition coefficient (Wildman–Crippen LogP) is 5.38. The number of hydrogen-bond acceptors (Lipinski definition) is 1. The maximum Gasteiger partial charge on any atom is 0.127 e. The van der Waals surface area contributed by atoms with Crippen LogP contribution in [-0.4, -0.2) is 5.11 Å². The van der Waals surface area contributed by atoms with Crippen molar-refractivity contribution >= 4 is 10.8 Å². The van der Waals surface area contributed by atoms with Crippen molar-refractivity contribution in [1.82, 2.24) is 0 Å². The van der Waals surface area contributed by atoms with Crippen LogP contribution in [-0.2, 0) is 5.60 Å². The Morgan fingerprint density at radius 3 is 2.04 bits per heavy atom. The second-order valence-corrected chi connectivity index (χ2v) is 6.00. The van der Waals surface area contributed by atoms with E-state index in [0.717, 1.165) is 16.7 Å². The molecule has 0 fully saturated rings. The summed E-state index contributed by atoms with van der Waals surface area (Å²) < 4.78 is 0. The van der Waals surface area contributed by atoms with E-state index in [9.17, 15) is 5.11 Å². The lowest BCUT2D eigenvalue weighted by molar-refractivity contribution is 0.144. The summed E-state index contributed by atoms with van der Waals surface area (Å²) in [6.07, 6.45) is 11.3. The molecule has 4 rings (SSSR count). The third-order valence-electron chi connectivity index (χ3n) is 4.47. The van der Waals surface area contributed by atoms with Gasteiger partial charge in [0.2, 0.25) is 0 Å². The molecule has 0 amide bonds. The number of fused-ring (bicyclic) bond motifs is 1. The third-order valence-corrected chi connectivity index (χ3v) is 4.47. The van der Waals surface area contributed by atoms with Gasteiger partial charge in [0.05, 0.1) is 0 Å². The zero-order chi connectivity index (χ0) is 16.4. The molecule has 1 aliphatic carbocycles. The van der Waals surface area contributed by atoms with Crippen LogP contribution in [0.5, 0.6) is 0 Å². The Kier molecular flexibility index (Phi) is 3.64. The van der Waals surface area contributed by atoms with Crippen LogP contribution in [0.2, 0.25) is 0 Å². The highest BCUT2D eigenvalue weighted by Crippen LogP contribution is 2.37. The van der Waals surface area contributed by atoms with E-state index >= 15 is 0 Å². The zero-order valence-electron chi connectivity index (χ0n) is 13.3. The van der Waals surface area contributed by atoms with Crippen molar-refractivity contribution in [2.75, 3.05) is 0 Å². The summed E-state index contributed by atoms with van der Waals surface area (Å²) in [5.41, 5.74) is 1.96. The number of hydrogen-bond donors (Lipinski definition) is 1. The van der Waals surface area contributed by atoms with Gasteiger partial charge in [0.15, 0.2) is 0 Å². The first-order valence-corrected chi connectivity index (χ1v) is 8.12. The van der Waals surface area contributed by atoms with Gasteiger partial charge in [-0.1, -0.05) is 91.0 Å². The summed E-state index contributed by atoms with van der Waals surface area (Å²) in [7, 11) is 0. The third kappa shape index (κ3) is 2.49. The Morgan fingerprint density at radius 2 is 1.21 bits per heavy atom. The lowest BCUT2D eigenvalue weighted by Gasteiger charge is -2.24. The van der Waals surface area contributed by atoms with Crippen LogP contribution < -0.4 is 0 Å². The van der Waals surface area contributed by atoms with Gasteiger partial charge < -0.3 is 5.11 Å². The first-order valence-electron chi connectivity index (χ1n) is 8.12. The molecule has 3 aromatic rings. The Labute approximate surface area is 141 Å². The van der Waals surface area contributed by atoms with Crippen molar-refractivity contribution < 1.29 is 5.11 Å². The zero-order valence-corrected chi connectivity index (χ0v) is 13.3. The average Bonchev–Trinajstić information content (AvgIpc) is 2.87. The number of rotatable bonds is 2. The van der Waals surface area contributed by atoms with E-state index in [-0.39, 0.29) is 0 Å². The smallest absolute Gasteiger partial charge is 0.127 e. The van der Waals surface area contributed by atoms with E-state index < -0.39 is 5.60 Å². The molecule has 1 heteroatoms. The first-order chi connectivity index (χ1) is 11.8. The van der Waals surface area contributed by atoms with Gasteiger partial charge in [0.1, 0.15) is 5.60 Å². The molecule has 116 valence electrons. The highest BCUT2D eigenvalue weighted by Gasteiger charge is 2.26. The molecule has 0 radical (unpaired) electrons. The van der Waals surface area contributed by atoms with Gasteiger partial charge in [-0.15, -0.1) is 0 Å². The second kappa shape index (κ2) is 5.95. The molecule has 24 heavy (non-hydrogen) atoms.